The Kier molecular flexibility index (Phi) is 4.75. The lowest BCUT2D eigenvalue weighted by atomic mass is 9.81. The van der Waals surface area contributed by atoms with Crippen molar-refractivity contribution >= 4 is 23.6 Å². The van der Waals surface area contributed by atoms with Crippen LogP contribution in [-0.2, 0) is 9.59 Å². The van der Waals surface area contributed by atoms with E-state index in [0.29, 0.717) is 5.75 Å². The number of nitrogens with zero attached hydrogens (tertiary/aromatic N) is 1. The van der Waals surface area contributed by atoms with Crippen molar-refractivity contribution in [2.75, 3.05) is 5.75 Å². The van der Waals surface area contributed by atoms with Crippen LogP contribution < -0.4 is 0 Å². The van der Waals surface area contributed by atoms with Gasteiger partial charge >= 0.3 is 12.1 Å². The van der Waals surface area contributed by atoms with E-state index >= 15 is 0 Å². The fourth-order valence-corrected chi connectivity index (χ4v) is 4.22. The van der Waals surface area contributed by atoms with Crippen molar-refractivity contribution in [2.45, 2.75) is 50.2 Å². The zero-order valence-electron chi connectivity index (χ0n) is 11.6. The van der Waals surface area contributed by atoms with Gasteiger partial charge in [-0.05, 0) is 32.6 Å². The summed E-state index contributed by atoms with van der Waals surface area (Å²) < 4.78 is 37.9. The SMILES string of the molecule is CC1SCC(C(=O)O)N1C(=O)C1CCC(C(F)(F)F)CC1. The van der Waals surface area contributed by atoms with Gasteiger partial charge in [-0.25, -0.2) is 4.79 Å². The molecule has 1 N–H and O–H groups in total. The molecule has 2 unspecified atom stereocenters. The average Bonchev–Trinajstić information content (AvgIpc) is 2.79. The van der Waals surface area contributed by atoms with Crippen LogP contribution in [0.3, 0.4) is 0 Å². The normalized spacial score (nSPS) is 34.0. The molecule has 1 saturated carbocycles. The summed E-state index contributed by atoms with van der Waals surface area (Å²) in [6, 6.07) is -0.863. The number of carbonyl (C=O) groups is 2. The second-order valence-electron chi connectivity index (χ2n) is 5.62. The van der Waals surface area contributed by atoms with E-state index in [1.54, 1.807) is 6.92 Å². The van der Waals surface area contributed by atoms with Crippen LogP contribution in [0.25, 0.3) is 0 Å². The molecular formula is C13H18F3NO3S. The molecule has 1 amide bonds. The van der Waals surface area contributed by atoms with Crippen LogP contribution in [0.15, 0.2) is 0 Å². The van der Waals surface area contributed by atoms with Crippen molar-refractivity contribution in [1.82, 2.24) is 4.90 Å². The molecule has 120 valence electrons. The molecule has 0 aromatic carbocycles. The Morgan fingerprint density at radius 1 is 1.19 bits per heavy atom. The first-order valence-corrected chi connectivity index (χ1v) is 8.00. The third-order valence-electron chi connectivity index (χ3n) is 4.30. The molecule has 2 rings (SSSR count). The van der Waals surface area contributed by atoms with Crippen LogP contribution in [0.5, 0.6) is 0 Å². The molecule has 0 radical (unpaired) electrons. The number of carbonyl (C=O) groups excluding carboxylic acids is 1. The van der Waals surface area contributed by atoms with Gasteiger partial charge in [0, 0.05) is 11.7 Å². The van der Waals surface area contributed by atoms with Crippen LogP contribution in [-0.4, -0.2) is 45.2 Å². The van der Waals surface area contributed by atoms with Crippen LogP contribution >= 0.6 is 11.8 Å². The molecule has 2 atom stereocenters. The highest BCUT2D eigenvalue weighted by Crippen LogP contribution is 2.41. The number of carboxylic acid groups (broad SMARTS) is 1. The van der Waals surface area contributed by atoms with Gasteiger partial charge in [-0.2, -0.15) is 13.2 Å². The third-order valence-corrected chi connectivity index (χ3v) is 5.52. The van der Waals surface area contributed by atoms with Gasteiger partial charge in [0.05, 0.1) is 11.3 Å². The predicted molar refractivity (Wildman–Crippen MR) is 71.7 cm³/mol. The van der Waals surface area contributed by atoms with Gasteiger partial charge in [0.25, 0.3) is 0 Å². The lowest BCUT2D eigenvalue weighted by Crippen LogP contribution is -2.48. The summed E-state index contributed by atoms with van der Waals surface area (Å²) in [4.78, 5) is 25.0. The Balaban J connectivity index is 2.00. The summed E-state index contributed by atoms with van der Waals surface area (Å²) in [7, 11) is 0. The summed E-state index contributed by atoms with van der Waals surface area (Å²) in [5.74, 6) is -2.83. The molecule has 1 aliphatic carbocycles. The number of thioether (sulfide) groups is 1. The van der Waals surface area contributed by atoms with Gasteiger partial charge in [0.15, 0.2) is 0 Å². The minimum Gasteiger partial charge on any atom is -0.480 e. The molecule has 0 spiro atoms. The number of amides is 1. The molecule has 21 heavy (non-hydrogen) atoms. The van der Waals surface area contributed by atoms with Crippen LogP contribution in [0.4, 0.5) is 13.2 Å². The van der Waals surface area contributed by atoms with E-state index in [0.717, 1.165) is 0 Å². The van der Waals surface area contributed by atoms with E-state index in [-0.39, 0.29) is 37.0 Å². The van der Waals surface area contributed by atoms with E-state index in [2.05, 4.69) is 0 Å². The van der Waals surface area contributed by atoms with Crippen molar-refractivity contribution in [2.24, 2.45) is 11.8 Å². The Labute approximate surface area is 125 Å². The molecule has 1 saturated heterocycles. The molecule has 1 aliphatic heterocycles. The molecular weight excluding hydrogens is 307 g/mol. The number of halogens is 3. The Bertz CT molecular complexity index is 421. The van der Waals surface area contributed by atoms with Crippen molar-refractivity contribution in [3.8, 4) is 0 Å². The highest BCUT2D eigenvalue weighted by atomic mass is 32.2. The molecule has 4 nitrogen and oxygen atoms in total. The summed E-state index contributed by atoms with van der Waals surface area (Å²) in [6.07, 6.45) is -3.93. The van der Waals surface area contributed by atoms with Crippen LogP contribution in [0.1, 0.15) is 32.6 Å². The minimum atomic E-state index is -4.20. The van der Waals surface area contributed by atoms with Gasteiger partial charge in [-0.1, -0.05) is 0 Å². The largest absolute Gasteiger partial charge is 0.480 e. The van der Waals surface area contributed by atoms with Gasteiger partial charge < -0.3 is 10.0 Å². The Morgan fingerprint density at radius 3 is 2.24 bits per heavy atom. The molecule has 0 aromatic heterocycles. The number of aliphatic carboxylic acids is 1. The highest BCUT2D eigenvalue weighted by molar-refractivity contribution is 8.00. The maximum absolute atomic E-state index is 12.6. The van der Waals surface area contributed by atoms with Crippen LogP contribution in [0, 0.1) is 11.8 Å². The predicted octanol–water partition coefficient (Wildman–Crippen LogP) is 2.73. The zero-order valence-corrected chi connectivity index (χ0v) is 12.4. The first kappa shape index (κ1) is 16.5. The number of hydrogen-bond donors (Lipinski definition) is 1. The minimum absolute atomic E-state index is 0.0486. The van der Waals surface area contributed by atoms with Crippen molar-refractivity contribution in [3.05, 3.63) is 0 Å². The lowest BCUT2D eigenvalue weighted by Gasteiger charge is -2.34. The number of rotatable bonds is 2. The summed E-state index contributed by atoms with van der Waals surface area (Å²) in [5, 5.41) is 8.90. The summed E-state index contributed by atoms with van der Waals surface area (Å²) >= 11 is 1.38. The maximum atomic E-state index is 12.6. The topological polar surface area (TPSA) is 57.6 Å². The molecule has 8 heteroatoms. The molecule has 0 bridgehead atoms. The van der Waals surface area contributed by atoms with Gasteiger partial charge in [0.1, 0.15) is 6.04 Å². The van der Waals surface area contributed by atoms with Gasteiger partial charge in [-0.3, -0.25) is 4.79 Å². The van der Waals surface area contributed by atoms with Crippen LogP contribution in [0.2, 0.25) is 0 Å². The molecule has 0 aromatic rings. The lowest BCUT2D eigenvalue weighted by molar-refractivity contribution is -0.185. The second kappa shape index (κ2) is 6.06. The average molecular weight is 325 g/mol. The van der Waals surface area contributed by atoms with Gasteiger partial charge in [0.2, 0.25) is 5.91 Å². The monoisotopic (exact) mass is 325 g/mol. The fourth-order valence-electron chi connectivity index (χ4n) is 3.05. The van der Waals surface area contributed by atoms with Crippen molar-refractivity contribution in [1.29, 1.82) is 0 Å². The smallest absolute Gasteiger partial charge is 0.391 e. The fraction of sp³-hybridized carbons (Fsp3) is 0.846. The number of alkyl halides is 3. The number of hydrogen-bond acceptors (Lipinski definition) is 3. The van der Waals surface area contributed by atoms with Gasteiger partial charge in [-0.15, -0.1) is 11.8 Å². The number of carboxylic acids is 1. The van der Waals surface area contributed by atoms with E-state index in [9.17, 15) is 22.8 Å². The highest BCUT2D eigenvalue weighted by Gasteiger charge is 2.46. The second-order valence-corrected chi connectivity index (χ2v) is 6.97. The van der Waals surface area contributed by atoms with E-state index in [4.69, 9.17) is 5.11 Å². The summed E-state index contributed by atoms with van der Waals surface area (Å²) in [6.45, 7) is 1.76. The quantitative estimate of drug-likeness (QED) is 0.848. The van der Waals surface area contributed by atoms with E-state index < -0.39 is 30.0 Å². The standard InChI is InChI=1S/C13H18F3NO3S/c1-7-17(10(6-21-7)12(19)20)11(18)8-2-4-9(5-3-8)13(14,15)16/h7-10H,2-6H2,1H3,(H,19,20). The third kappa shape index (κ3) is 3.46. The zero-order chi connectivity index (χ0) is 15.8. The molecule has 2 aliphatic rings. The Hall–Kier alpha value is -0.920. The Morgan fingerprint density at radius 2 is 1.76 bits per heavy atom. The van der Waals surface area contributed by atoms with E-state index in [1.165, 1.54) is 16.7 Å². The first-order valence-electron chi connectivity index (χ1n) is 6.95. The summed E-state index contributed by atoms with van der Waals surface area (Å²) in [5.41, 5.74) is 0. The molecule has 1 heterocycles. The van der Waals surface area contributed by atoms with Crippen molar-refractivity contribution in [3.63, 3.8) is 0 Å². The first-order chi connectivity index (χ1) is 9.71. The maximum Gasteiger partial charge on any atom is 0.391 e. The van der Waals surface area contributed by atoms with E-state index in [1.807, 2.05) is 0 Å². The molecule has 2 fully saturated rings. The van der Waals surface area contributed by atoms with Crippen molar-refractivity contribution < 1.29 is 27.9 Å².